The Bertz CT molecular complexity index is 637. The molecule has 0 bridgehead atoms. The number of piperidine rings is 1. The van der Waals surface area contributed by atoms with Gasteiger partial charge in [0.25, 0.3) is 0 Å². The molecule has 5 nitrogen and oxygen atoms in total. The average Bonchev–Trinajstić information content (AvgIpc) is 2.50. The number of carbonyl (C=O) groups excluding carboxylic acids is 1. The number of pyridine rings is 1. The molecule has 0 radical (unpaired) electrons. The van der Waals surface area contributed by atoms with Gasteiger partial charge < -0.3 is 10.2 Å². The van der Waals surface area contributed by atoms with E-state index in [1.54, 1.807) is 0 Å². The summed E-state index contributed by atoms with van der Waals surface area (Å²) in [5, 5.41) is 12.6. The highest BCUT2D eigenvalue weighted by Crippen LogP contribution is 2.27. The molecule has 2 heterocycles. The number of hydrogen-bond acceptors (Lipinski definition) is 4. The predicted molar refractivity (Wildman–Crippen MR) is 89.1 cm³/mol. The molecule has 0 spiro atoms. The molecule has 0 aromatic carbocycles. The monoisotopic (exact) mass is 312 g/mol. The van der Waals surface area contributed by atoms with Crippen LogP contribution in [0.25, 0.3) is 0 Å². The molecule has 1 aromatic rings. The zero-order chi connectivity index (χ0) is 16.4. The van der Waals surface area contributed by atoms with E-state index < -0.39 is 0 Å². The van der Waals surface area contributed by atoms with Gasteiger partial charge in [0, 0.05) is 30.7 Å². The molecular formula is C18H24N4O. The van der Waals surface area contributed by atoms with Crippen LogP contribution in [-0.4, -0.2) is 30.0 Å². The Hall–Kier alpha value is -2.09. The van der Waals surface area contributed by atoms with Crippen LogP contribution >= 0.6 is 0 Å². The minimum Gasteiger partial charge on any atom is -0.355 e. The fourth-order valence-corrected chi connectivity index (χ4v) is 3.41. The van der Waals surface area contributed by atoms with Gasteiger partial charge in [0.1, 0.15) is 11.9 Å². The van der Waals surface area contributed by atoms with E-state index in [9.17, 15) is 10.1 Å². The third kappa shape index (κ3) is 3.31. The van der Waals surface area contributed by atoms with Crippen molar-refractivity contribution < 1.29 is 4.79 Å². The number of nitriles is 1. The Labute approximate surface area is 137 Å². The lowest BCUT2D eigenvalue weighted by atomic mass is 9.90. The van der Waals surface area contributed by atoms with Crippen LogP contribution in [0.3, 0.4) is 0 Å². The zero-order valence-electron chi connectivity index (χ0n) is 13.9. The fraction of sp³-hybridized carbons (Fsp3) is 0.611. The molecule has 2 fully saturated rings. The van der Waals surface area contributed by atoms with E-state index in [1.807, 2.05) is 19.9 Å². The molecule has 1 N–H and O–H groups in total. The molecule has 2 aliphatic rings. The summed E-state index contributed by atoms with van der Waals surface area (Å²) in [5.41, 5.74) is 2.56. The highest BCUT2D eigenvalue weighted by atomic mass is 16.1. The molecule has 0 unspecified atom stereocenters. The van der Waals surface area contributed by atoms with Gasteiger partial charge >= 0.3 is 0 Å². The maximum Gasteiger partial charge on any atom is 0.223 e. The Morgan fingerprint density at radius 3 is 2.57 bits per heavy atom. The molecule has 0 atom stereocenters. The fourth-order valence-electron chi connectivity index (χ4n) is 3.41. The highest BCUT2D eigenvalue weighted by Gasteiger charge is 2.29. The molecular weight excluding hydrogens is 288 g/mol. The SMILES string of the molecule is Cc1cc(C)c(C#N)c(N2CCC(C(=O)NC3CCC3)CC2)n1. The van der Waals surface area contributed by atoms with E-state index in [-0.39, 0.29) is 11.8 Å². The summed E-state index contributed by atoms with van der Waals surface area (Å²) >= 11 is 0. The van der Waals surface area contributed by atoms with Gasteiger partial charge in [-0.25, -0.2) is 4.98 Å². The van der Waals surface area contributed by atoms with Gasteiger partial charge in [-0.3, -0.25) is 4.79 Å². The molecule has 1 amide bonds. The van der Waals surface area contributed by atoms with Gasteiger partial charge in [0.05, 0.1) is 5.56 Å². The first-order valence-corrected chi connectivity index (χ1v) is 8.52. The largest absolute Gasteiger partial charge is 0.355 e. The van der Waals surface area contributed by atoms with Crippen molar-refractivity contribution in [1.29, 1.82) is 5.26 Å². The Morgan fingerprint density at radius 2 is 2.00 bits per heavy atom. The second-order valence-corrected chi connectivity index (χ2v) is 6.79. The summed E-state index contributed by atoms with van der Waals surface area (Å²) in [5.74, 6) is 1.09. The summed E-state index contributed by atoms with van der Waals surface area (Å²) < 4.78 is 0. The van der Waals surface area contributed by atoms with Crippen molar-refractivity contribution in [1.82, 2.24) is 10.3 Å². The number of anilines is 1. The van der Waals surface area contributed by atoms with Gasteiger partial charge in [-0.15, -0.1) is 0 Å². The van der Waals surface area contributed by atoms with Crippen molar-refractivity contribution in [2.75, 3.05) is 18.0 Å². The predicted octanol–water partition coefficient (Wildman–Crippen LogP) is 2.46. The second kappa shape index (κ2) is 6.57. The molecule has 1 aromatic heterocycles. The minimum absolute atomic E-state index is 0.100. The lowest BCUT2D eigenvalue weighted by Crippen LogP contribution is -2.46. The smallest absolute Gasteiger partial charge is 0.223 e. The molecule has 1 aliphatic carbocycles. The van der Waals surface area contributed by atoms with E-state index in [4.69, 9.17) is 0 Å². The topological polar surface area (TPSA) is 69.0 Å². The summed E-state index contributed by atoms with van der Waals surface area (Å²) in [6.45, 7) is 5.48. The normalized spacial score (nSPS) is 19.1. The maximum atomic E-state index is 12.3. The highest BCUT2D eigenvalue weighted by molar-refractivity contribution is 5.79. The Balaban J connectivity index is 1.65. The van der Waals surface area contributed by atoms with Crippen LogP contribution in [0.5, 0.6) is 0 Å². The van der Waals surface area contributed by atoms with Crippen molar-refractivity contribution in [3.63, 3.8) is 0 Å². The molecule has 1 saturated carbocycles. The van der Waals surface area contributed by atoms with Gasteiger partial charge in [-0.1, -0.05) is 0 Å². The van der Waals surface area contributed by atoms with Crippen molar-refractivity contribution in [2.45, 2.75) is 52.0 Å². The zero-order valence-corrected chi connectivity index (χ0v) is 13.9. The van der Waals surface area contributed by atoms with Gasteiger partial charge in [0.15, 0.2) is 0 Å². The van der Waals surface area contributed by atoms with E-state index >= 15 is 0 Å². The van der Waals surface area contributed by atoms with Crippen LogP contribution in [0.4, 0.5) is 5.82 Å². The van der Waals surface area contributed by atoms with E-state index in [1.165, 1.54) is 6.42 Å². The lowest BCUT2D eigenvalue weighted by Gasteiger charge is -2.34. The molecule has 1 aliphatic heterocycles. The van der Waals surface area contributed by atoms with Crippen LogP contribution < -0.4 is 10.2 Å². The molecule has 23 heavy (non-hydrogen) atoms. The summed E-state index contributed by atoms with van der Waals surface area (Å²) in [6.07, 6.45) is 5.15. The average molecular weight is 312 g/mol. The summed E-state index contributed by atoms with van der Waals surface area (Å²) in [6, 6.07) is 4.63. The number of nitrogens with one attached hydrogen (secondary N) is 1. The van der Waals surface area contributed by atoms with Crippen molar-refractivity contribution in [2.24, 2.45) is 5.92 Å². The Morgan fingerprint density at radius 1 is 1.30 bits per heavy atom. The number of hydrogen-bond donors (Lipinski definition) is 1. The number of aromatic nitrogens is 1. The number of rotatable bonds is 3. The van der Waals surface area contributed by atoms with E-state index in [2.05, 4.69) is 21.3 Å². The van der Waals surface area contributed by atoms with Crippen molar-refractivity contribution >= 4 is 11.7 Å². The third-order valence-corrected chi connectivity index (χ3v) is 5.05. The van der Waals surface area contributed by atoms with Crippen LogP contribution in [0, 0.1) is 31.1 Å². The third-order valence-electron chi connectivity index (χ3n) is 5.05. The standard InChI is InChI=1S/C18H24N4O/c1-12-10-13(2)20-17(16(12)11-19)22-8-6-14(7-9-22)18(23)21-15-4-3-5-15/h10,14-15H,3-9H2,1-2H3,(H,21,23). The first-order valence-electron chi connectivity index (χ1n) is 8.52. The minimum atomic E-state index is 0.100. The molecule has 5 heteroatoms. The molecule has 1 saturated heterocycles. The van der Waals surface area contributed by atoms with Crippen LogP contribution in [0.15, 0.2) is 6.07 Å². The number of aryl methyl sites for hydroxylation is 2. The maximum absolute atomic E-state index is 12.3. The second-order valence-electron chi connectivity index (χ2n) is 6.79. The Kier molecular flexibility index (Phi) is 4.51. The first kappa shape index (κ1) is 15.8. The summed E-state index contributed by atoms with van der Waals surface area (Å²) in [7, 11) is 0. The number of nitrogens with zero attached hydrogens (tertiary/aromatic N) is 3. The lowest BCUT2D eigenvalue weighted by molar-refractivity contribution is -0.126. The van der Waals surface area contributed by atoms with Gasteiger partial charge in [-0.05, 0) is 57.6 Å². The van der Waals surface area contributed by atoms with Crippen LogP contribution in [-0.2, 0) is 4.79 Å². The van der Waals surface area contributed by atoms with Crippen LogP contribution in [0.2, 0.25) is 0 Å². The first-order chi connectivity index (χ1) is 11.1. The van der Waals surface area contributed by atoms with Crippen molar-refractivity contribution in [3.8, 4) is 6.07 Å². The van der Waals surface area contributed by atoms with E-state index in [0.717, 1.165) is 55.8 Å². The quantitative estimate of drug-likeness (QED) is 0.931. The number of amides is 1. The molecule has 3 rings (SSSR count). The number of carbonyl (C=O) groups is 1. The summed E-state index contributed by atoms with van der Waals surface area (Å²) in [4.78, 5) is 19.0. The van der Waals surface area contributed by atoms with Gasteiger partial charge in [0.2, 0.25) is 5.91 Å². The van der Waals surface area contributed by atoms with Crippen molar-refractivity contribution in [3.05, 3.63) is 22.9 Å². The van der Waals surface area contributed by atoms with Crippen LogP contribution in [0.1, 0.15) is 48.9 Å². The van der Waals surface area contributed by atoms with Gasteiger partial charge in [-0.2, -0.15) is 5.26 Å². The molecule has 122 valence electrons. The van der Waals surface area contributed by atoms with E-state index in [0.29, 0.717) is 11.6 Å².